The van der Waals surface area contributed by atoms with Gasteiger partial charge in [-0.15, -0.1) is 10.2 Å². The average molecular weight is 581 g/mol. The molecule has 2 aromatic carbocycles. The first-order valence-electron chi connectivity index (χ1n) is 12.9. The van der Waals surface area contributed by atoms with Crippen LogP contribution in [0.15, 0.2) is 59.0 Å². The zero-order valence-corrected chi connectivity index (χ0v) is 24.6. The Labute approximate surface area is 243 Å². The van der Waals surface area contributed by atoms with Crippen LogP contribution in [0.4, 0.5) is 0 Å². The van der Waals surface area contributed by atoms with Crippen molar-refractivity contribution in [3.8, 4) is 22.9 Å². The number of tetrazole rings is 1. The van der Waals surface area contributed by atoms with Gasteiger partial charge in [0.15, 0.2) is 17.5 Å². The molecule has 2 heterocycles. The fourth-order valence-corrected chi connectivity index (χ4v) is 4.40. The van der Waals surface area contributed by atoms with Crippen LogP contribution in [-0.4, -0.2) is 56.7 Å². The van der Waals surface area contributed by atoms with Gasteiger partial charge in [0, 0.05) is 22.7 Å². The van der Waals surface area contributed by atoms with E-state index in [9.17, 15) is 9.59 Å². The van der Waals surface area contributed by atoms with Crippen molar-refractivity contribution >= 4 is 23.4 Å². The van der Waals surface area contributed by atoms with Crippen LogP contribution in [0.25, 0.3) is 11.4 Å². The van der Waals surface area contributed by atoms with E-state index in [4.69, 9.17) is 25.5 Å². The molecule has 0 spiro atoms. The van der Waals surface area contributed by atoms with E-state index >= 15 is 0 Å². The zero-order chi connectivity index (χ0) is 29.7. The lowest BCUT2D eigenvalue weighted by Crippen LogP contribution is -2.49. The molecule has 2 amide bonds. The number of rotatable bonds is 10. The third-order valence-corrected chi connectivity index (χ3v) is 6.45. The smallest absolute Gasteiger partial charge is 0.251 e. The van der Waals surface area contributed by atoms with Crippen LogP contribution in [0.3, 0.4) is 0 Å². The molecule has 4 aromatic rings. The molecule has 216 valence electrons. The topological polar surface area (TPSA) is 125 Å². The zero-order valence-electron chi connectivity index (χ0n) is 23.8. The number of nitrogens with one attached hydrogen (secondary N) is 1. The number of nitrogens with zero attached hydrogens (tertiary/aromatic N) is 5. The highest BCUT2D eigenvalue weighted by Crippen LogP contribution is 2.31. The number of benzene rings is 2. The van der Waals surface area contributed by atoms with Crippen molar-refractivity contribution in [1.82, 2.24) is 30.4 Å². The van der Waals surface area contributed by atoms with E-state index in [2.05, 4.69) is 20.7 Å². The molecular formula is C29H33ClN6O5. The number of halogens is 1. The molecule has 0 saturated heterocycles. The summed E-state index contributed by atoms with van der Waals surface area (Å²) < 4.78 is 16.5. The lowest BCUT2D eigenvalue weighted by atomic mass is 10.1. The van der Waals surface area contributed by atoms with Gasteiger partial charge in [-0.2, -0.15) is 4.80 Å². The largest absolute Gasteiger partial charge is 0.493 e. The molecule has 41 heavy (non-hydrogen) atoms. The summed E-state index contributed by atoms with van der Waals surface area (Å²) in [7, 11) is 3.08. The molecule has 1 atom stereocenters. The quantitative estimate of drug-likeness (QED) is 0.289. The Balaban J connectivity index is 1.69. The van der Waals surface area contributed by atoms with Gasteiger partial charge in [0.1, 0.15) is 18.1 Å². The average Bonchev–Trinajstić information content (AvgIpc) is 3.57. The number of carbonyl (C=O) groups is 2. The summed E-state index contributed by atoms with van der Waals surface area (Å²) in [6.07, 6.45) is 0. The van der Waals surface area contributed by atoms with Crippen LogP contribution < -0.4 is 14.8 Å². The molecule has 1 N–H and O–H groups in total. The Hall–Kier alpha value is -4.38. The Bertz CT molecular complexity index is 1530. The summed E-state index contributed by atoms with van der Waals surface area (Å²) in [6.45, 7) is 7.12. The fraction of sp³-hybridized carbons (Fsp3) is 0.345. The fourth-order valence-electron chi connectivity index (χ4n) is 4.21. The van der Waals surface area contributed by atoms with Crippen molar-refractivity contribution in [2.24, 2.45) is 0 Å². The molecule has 0 bridgehead atoms. The summed E-state index contributed by atoms with van der Waals surface area (Å²) >= 11 is 6.47. The maximum absolute atomic E-state index is 13.9. The van der Waals surface area contributed by atoms with Crippen LogP contribution in [-0.2, 0) is 22.7 Å². The number of furan rings is 1. The van der Waals surface area contributed by atoms with Gasteiger partial charge in [0.2, 0.25) is 11.7 Å². The predicted molar refractivity (Wildman–Crippen MR) is 152 cm³/mol. The van der Waals surface area contributed by atoms with Gasteiger partial charge >= 0.3 is 0 Å². The van der Waals surface area contributed by atoms with Gasteiger partial charge in [0.05, 0.1) is 14.2 Å². The van der Waals surface area contributed by atoms with E-state index in [1.54, 1.807) is 62.6 Å². The van der Waals surface area contributed by atoms with E-state index in [0.717, 1.165) is 0 Å². The van der Waals surface area contributed by atoms with Crippen LogP contribution in [0.5, 0.6) is 11.5 Å². The van der Waals surface area contributed by atoms with Crippen LogP contribution >= 0.6 is 11.6 Å². The first kappa shape index (κ1) is 29.6. The molecule has 0 aliphatic carbocycles. The number of hydrogen-bond donors (Lipinski definition) is 1. The Morgan fingerprint density at radius 2 is 1.80 bits per heavy atom. The summed E-state index contributed by atoms with van der Waals surface area (Å²) in [5, 5.41) is 16.0. The SMILES string of the molecule is COc1ccc(-c2nnn(CC(=O)N(Cc3ccccc3Cl)[C@H](C(=O)NC(C)(C)C)c3ccc(C)o3)n2)cc1OC. The minimum atomic E-state index is -1.08. The van der Waals surface area contributed by atoms with E-state index in [1.807, 2.05) is 26.8 Å². The van der Waals surface area contributed by atoms with Crippen molar-refractivity contribution in [2.75, 3.05) is 14.2 Å². The van der Waals surface area contributed by atoms with Crippen molar-refractivity contribution in [3.05, 3.63) is 76.7 Å². The molecule has 0 radical (unpaired) electrons. The third-order valence-electron chi connectivity index (χ3n) is 6.08. The minimum absolute atomic E-state index is 0.0394. The molecule has 11 nitrogen and oxygen atoms in total. The normalized spacial score (nSPS) is 12.1. The summed E-state index contributed by atoms with van der Waals surface area (Å²) in [6, 6.07) is 14.7. The Kier molecular flexibility index (Phi) is 8.97. The van der Waals surface area contributed by atoms with Crippen LogP contribution in [0.2, 0.25) is 5.02 Å². The van der Waals surface area contributed by atoms with Crippen LogP contribution in [0, 0.1) is 6.92 Å². The Morgan fingerprint density at radius 3 is 2.44 bits per heavy atom. The van der Waals surface area contributed by atoms with E-state index < -0.39 is 23.4 Å². The van der Waals surface area contributed by atoms with Crippen molar-refractivity contribution in [1.29, 1.82) is 0 Å². The monoisotopic (exact) mass is 580 g/mol. The molecule has 0 saturated carbocycles. The molecule has 4 rings (SSSR count). The second-order valence-electron chi connectivity index (χ2n) is 10.4. The van der Waals surface area contributed by atoms with Crippen molar-refractivity contribution in [3.63, 3.8) is 0 Å². The lowest BCUT2D eigenvalue weighted by molar-refractivity contribution is -0.143. The van der Waals surface area contributed by atoms with Gasteiger partial charge in [-0.1, -0.05) is 29.8 Å². The molecule has 0 fully saturated rings. The highest BCUT2D eigenvalue weighted by Gasteiger charge is 2.36. The van der Waals surface area contributed by atoms with E-state index in [-0.39, 0.29) is 13.1 Å². The molecule has 2 aromatic heterocycles. The van der Waals surface area contributed by atoms with E-state index in [0.29, 0.717) is 45.0 Å². The number of hydrogen-bond acceptors (Lipinski definition) is 8. The summed E-state index contributed by atoms with van der Waals surface area (Å²) in [5.74, 6) is 1.44. The summed E-state index contributed by atoms with van der Waals surface area (Å²) in [5.41, 5.74) is 0.734. The number of carbonyl (C=O) groups excluding carboxylic acids is 2. The number of aromatic nitrogens is 4. The molecule has 0 aliphatic heterocycles. The molecule has 0 unspecified atom stereocenters. The molecule has 12 heteroatoms. The number of methoxy groups -OCH3 is 2. The first-order chi connectivity index (χ1) is 19.5. The minimum Gasteiger partial charge on any atom is -0.493 e. The lowest BCUT2D eigenvalue weighted by Gasteiger charge is -2.32. The van der Waals surface area contributed by atoms with Gasteiger partial charge in [-0.3, -0.25) is 9.59 Å². The van der Waals surface area contributed by atoms with Gasteiger partial charge < -0.3 is 24.1 Å². The highest BCUT2D eigenvalue weighted by atomic mass is 35.5. The van der Waals surface area contributed by atoms with Crippen LogP contribution in [0.1, 0.15) is 43.9 Å². The number of ether oxygens (including phenoxy) is 2. The van der Waals surface area contributed by atoms with Gasteiger partial charge in [-0.05, 0) is 74.9 Å². The maximum Gasteiger partial charge on any atom is 0.251 e. The van der Waals surface area contributed by atoms with E-state index in [1.165, 1.54) is 16.8 Å². The summed E-state index contributed by atoms with van der Waals surface area (Å²) in [4.78, 5) is 30.2. The second kappa shape index (κ2) is 12.4. The van der Waals surface area contributed by atoms with Crippen molar-refractivity contribution in [2.45, 2.75) is 52.4 Å². The predicted octanol–water partition coefficient (Wildman–Crippen LogP) is 4.60. The number of aryl methyl sites for hydroxylation is 1. The van der Waals surface area contributed by atoms with Gasteiger partial charge in [-0.25, -0.2) is 0 Å². The highest BCUT2D eigenvalue weighted by molar-refractivity contribution is 6.31. The molecular weight excluding hydrogens is 548 g/mol. The van der Waals surface area contributed by atoms with Gasteiger partial charge in [0.25, 0.3) is 5.91 Å². The standard InChI is InChI=1S/C29H33ClN6O5/c1-18-11-13-23(41-18)26(28(38)31-29(2,3)4)35(16-20-9-7-8-10-21(20)30)25(37)17-36-33-27(32-34-36)19-12-14-22(39-5)24(15-19)40-6/h7-15,26H,16-17H2,1-6H3,(H,31,38)/t26-/m0/s1. The third kappa shape index (κ3) is 7.23. The first-order valence-corrected chi connectivity index (χ1v) is 13.3. The number of amides is 2. The molecule has 0 aliphatic rings. The van der Waals surface area contributed by atoms with Crippen molar-refractivity contribution < 1.29 is 23.5 Å². The maximum atomic E-state index is 13.9. The Morgan fingerprint density at radius 1 is 1.07 bits per heavy atom. The second-order valence-corrected chi connectivity index (χ2v) is 10.8.